The summed E-state index contributed by atoms with van der Waals surface area (Å²) in [6.07, 6.45) is 0.693. The van der Waals surface area contributed by atoms with E-state index in [1.165, 1.54) is 12.1 Å². The predicted octanol–water partition coefficient (Wildman–Crippen LogP) is 2.32. The number of rotatable bonds is 2. The van der Waals surface area contributed by atoms with E-state index in [-0.39, 0.29) is 29.1 Å². The summed E-state index contributed by atoms with van der Waals surface area (Å²) < 4.78 is 0. The van der Waals surface area contributed by atoms with E-state index in [2.05, 4.69) is 0 Å². The highest BCUT2D eigenvalue weighted by molar-refractivity contribution is 6.26. The molecule has 1 aromatic carbocycles. The first-order valence-electron chi connectivity index (χ1n) is 6.49. The van der Waals surface area contributed by atoms with Crippen molar-refractivity contribution in [2.24, 2.45) is 11.3 Å². The number of nitrogens with zero attached hydrogens (tertiary/aromatic N) is 1. The minimum absolute atomic E-state index is 0.152. The van der Waals surface area contributed by atoms with E-state index in [0.717, 1.165) is 0 Å². The molecule has 2 rings (SSSR count). The summed E-state index contributed by atoms with van der Waals surface area (Å²) in [6, 6.07) is 8.19. The molecule has 1 saturated carbocycles. The van der Waals surface area contributed by atoms with E-state index in [1.807, 2.05) is 6.07 Å². The number of Topliss-reactive ketones (excluding diaryl/α,β-unsaturated/α-hetero) is 3. The smallest absolute Gasteiger partial charge is 0.182 e. The Morgan fingerprint density at radius 2 is 1.95 bits per heavy atom. The molecule has 20 heavy (non-hydrogen) atoms. The van der Waals surface area contributed by atoms with Crippen LogP contribution in [0.25, 0.3) is 0 Å². The third kappa shape index (κ3) is 2.27. The Balaban J connectivity index is 2.44. The van der Waals surface area contributed by atoms with Gasteiger partial charge in [-0.2, -0.15) is 5.26 Å². The van der Waals surface area contributed by atoms with Gasteiger partial charge in [-0.15, -0.1) is 0 Å². The van der Waals surface area contributed by atoms with Crippen LogP contribution in [0.15, 0.2) is 24.3 Å². The van der Waals surface area contributed by atoms with Gasteiger partial charge in [0.05, 0.1) is 11.6 Å². The van der Waals surface area contributed by atoms with E-state index >= 15 is 0 Å². The van der Waals surface area contributed by atoms with Gasteiger partial charge >= 0.3 is 0 Å². The number of carbonyl (C=O) groups excluding carboxylic acids is 3. The Morgan fingerprint density at radius 1 is 1.30 bits per heavy atom. The van der Waals surface area contributed by atoms with Gasteiger partial charge in [-0.1, -0.05) is 32.0 Å². The van der Waals surface area contributed by atoms with E-state index in [1.54, 1.807) is 26.0 Å². The third-order valence-corrected chi connectivity index (χ3v) is 3.82. The summed E-state index contributed by atoms with van der Waals surface area (Å²) in [5.41, 5.74) is -0.323. The molecular formula is C16H15NO3. The van der Waals surface area contributed by atoms with Crippen molar-refractivity contribution in [3.05, 3.63) is 35.4 Å². The summed E-state index contributed by atoms with van der Waals surface area (Å²) in [4.78, 5) is 36.8. The molecular weight excluding hydrogens is 254 g/mol. The molecule has 0 radical (unpaired) electrons. The van der Waals surface area contributed by atoms with Gasteiger partial charge in [-0.05, 0) is 12.5 Å². The summed E-state index contributed by atoms with van der Waals surface area (Å²) >= 11 is 0. The SMILES string of the molecule is CC1(C)CCC(=O)C(C(=O)c2ccccc2C#N)C1=O. The van der Waals surface area contributed by atoms with Crippen molar-refractivity contribution in [2.75, 3.05) is 0 Å². The minimum Gasteiger partial charge on any atom is -0.298 e. The first-order chi connectivity index (χ1) is 9.38. The molecule has 0 spiro atoms. The van der Waals surface area contributed by atoms with Crippen molar-refractivity contribution in [3.63, 3.8) is 0 Å². The Bertz CT molecular complexity index is 637. The van der Waals surface area contributed by atoms with E-state index in [4.69, 9.17) is 5.26 Å². The van der Waals surface area contributed by atoms with Gasteiger partial charge < -0.3 is 0 Å². The molecule has 1 aliphatic rings. The molecule has 4 heteroatoms. The average Bonchev–Trinajstić information content (AvgIpc) is 2.43. The maximum absolute atomic E-state index is 12.5. The molecule has 102 valence electrons. The van der Waals surface area contributed by atoms with Crippen LogP contribution in [0.3, 0.4) is 0 Å². The van der Waals surface area contributed by atoms with Gasteiger partial charge in [0.2, 0.25) is 0 Å². The fourth-order valence-electron chi connectivity index (χ4n) is 2.46. The number of benzene rings is 1. The first-order valence-corrected chi connectivity index (χ1v) is 6.49. The van der Waals surface area contributed by atoms with Gasteiger partial charge in [0.25, 0.3) is 0 Å². The monoisotopic (exact) mass is 269 g/mol. The number of ketones is 3. The largest absolute Gasteiger partial charge is 0.298 e. The molecule has 1 atom stereocenters. The van der Waals surface area contributed by atoms with Crippen molar-refractivity contribution < 1.29 is 14.4 Å². The number of hydrogen-bond acceptors (Lipinski definition) is 4. The highest BCUT2D eigenvalue weighted by Gasteiger charge is 2.46. The highest BCUT2D eigenvalue weighted by Crippen LogP contribution is 2.35. The molecule has 1 unspecified atom stereocenters. The van der Waals surface area contributed by atoms with Gasteiger partial charge in [0.15, 0.2) is 17.3 Å². The van der Waals surface area contributed by atoms with Gasteiger partial charge in [-0.25, -0.2) is 0 Å². The zero-order valence-electron chi connectivity index (χ0n) is 11.5. The zero-order valence-corrected chi connectivity index (χ0v) is 11.5. The van der Waals surface area contributed by atoms with Crippen molar-refractivity contribution in [3.8, 4) is 6.07 Å². The zero-order chi connectivity index (χ0) is 14.9. The quantitative estimate of drug-likeness (QED) is 0.610. The topological polar surface area (TPSA) is 75.0 Å². The summed E-state index contributed by atoms with van der Waals surface area (Å²) in [5.74, 6) is -2.49. The molecule has 0 saturated heterocycles. The lowest BCUT2D eigenvalue weighted by Crippen LogP contribution is -2.44. The van der Waals surface area contributed by atoms with E-state index in [0.29, 0.717) is 6.42 Å². The average molecular weight is 269 g/mol. The lowest BCUT2D eigenvalue weighted by atomic mass is 9.68. The first kappa shape index (κ1) is 14.1. The molecule has 0 amide bonds. The standard InChI is InChI=1S/C16H15NO3/c1-16(2)8-7-12(18)13(15(16)20)14(19)11-6-4-3-5-10(11)9-17/h3-6,13H,7-8H2,1-2H3. The van der Waals surface area contributed by atoms with Gasteiger partial charge in [0.1, 0.15) is 5.92 Å². The van der Waals surface area contributed by atoms with Crippen LogP contribution < -0.4 is 0 Å². The lowest BCUT2D eigenvalue weighted by molar-refractivity contribution is -0.140. The molecule has 1 aromatic rings. The van der Waals surface area contributed by atoms with Crippen molar-refractivity contribution >= 4 is 17.3 Å². The maximum atomic E-state index is 12.5. The molecule has 1 fully saturated rings. The second kappa shape index (κ2) is 5.01. The minimum atomic E-state index is -1.26. The van der Waals surface area contributed by atoms with Gasteiger partial charge in [0, 0.05) is 17.4 Å². The highest BCUT2D eigenvalue weighted by atomic mass is 16.2. The Hall–Kier alpha value is -2.28. The normalized spacial score (nSPS) is 21.4. The Labute approximate surface area is 117 Å². The fraction of sp³-hybridized carbons (Fsp3) is 0.375. The fourth-order valence-corrected chi connectivity index (χ4v) is 2.46. The van der Waals surface area contributed by atoms with Crippen LogP contribution in [0, 0.1) is 22.7 Å². The number of nitriles is 1. The third-order valence-electron chi connectivity index (χ3n) is 3.82. The van der Waals surface area contributed by atoms with Crippen LogP contribution >= 0.6 is 0 Å². The predicted molar refractivity (Wildman–Crippen MR) is 72.0 cm³/mol. The molecule has 0 aromatic heterocycles. The second-order valence-corrected chi connectivity index (χ2v) is 5.67. The van der Waals surface area contributed by atoms with Crippen molar-refractivity contribution in [1.29, 1.82) is 5.26 Å². The molecule has 4 nitrogen and oxygen atoms in total. The number of hydrogen-bond donors (Lipinski definition) is 0. The molecule has 1 aliphatic carbocycles. The summed E-state index contributed by atoms with van der Waals surface area (Å²) in [5, 5.41) is 9.03. The molecule has 0 bridgehead atoms. The summed E-state index contributed by atoms with van der Waals surface area (Å²) in [7, 11) is 0. The van der Waals surface area contributed by atoms with Crippen LogP contribution in [-0.4, -0.2) is 17.3 Å². The van der Waals surface area contributed by atoms with E-state index < -0.39 is 17.1 Å². The second-order valence-electron chi connectivity index (χ2n) is 5.67. The van der Waals surface area contributed by atoms with Crippen LogP contribution in [0.2, 0.25) is 0 Å². The Morgan fingerprint density at radius 3 is 2.60 bits per heavy atom. The summed E-state index contributed by atoms with van der Waals surface area (Å²) in [6.45, 7) is 3.50. The van der Waals surface area contributed by atoms with Crippen LogP contribution in [-0.2, 0) is 9.59 Å². The molecule has 0 aliphatic heterocycles. The van der Waals surface area contributed by atoms with Crippen molar-refractivity contribution in [2.45, 2.75) is 26.7 Å². The molecule has 0 heterocycles. The molecule has 0 N–H and O–H groups in total. The van der Waals surface area contributed by atoms with Gasteiger partial charge in [-0.3, -0.25) is 14.4 Å². The lowest BCUT2D eigenvalue weighted by Gasteiger charge is -2.31. The maximum Gasteiger partial charge on any atom is 0.182 e. The van der Waals surface area contributed by atoms with Crippen molar-refractivity contribution in [1.82, 2.24) is 0 Å². The van der Waals surface area contributed by atoms with Crippen LogP contribution in [0.1, 0.15) is 42.6 Å². The van der Waals surface area contributed by atoms with Crippen LogP contribution in [0.4, 0.5) is 0 Å². The Kier molecular flexibility index (Phi) is 3.54. The number of carbonyl (C=O) groups is 3. The van der Waals surface area contributed by atoms with Crippen LogP contribution in [0.5, 0.6) is 0 Å². The van der Waals surface area contributed by atoms with E-state index in [9.17, 15) is 14.4 Å².